The van der Waals surface area contributed by atoms with Crippen molar-refractivity contribution in [1.82, 2.24) is 20.2 Å². The summed E-state index contributed by atoms with van der Waals surface area (Å²) in [5.41, 5.74) is 0. The topological polar surface area (TPSA) is 46.8 Å². The molecule has 1 aromatic heterocycles. The van der Waals surface area contributed by atoms with Crippen molar-refractivity contribution in [1.29, 1.82) is 0 Å². The van der Waals surface area contributed by atoms with E-state index in [2.05, 4.69) is 27.3 Å². The molecule has 2 heterocycles. The molecule has 1 fully saturated rings. The Morgan fingerprint density at radius 1 is 1.54 bits per heavy atom. The molecule has 0 aromatic carbocycles. The van der Waals surface area contributed by atoms with Crippen LogP contribution in [0.3, 0.4) is 0 Å². The van der Waals surface area contributed by atoms with Crippen LogP contribution < -0.4 is 4.90 Å². The van der Waals surface area contributed by atoms with Crippen LogP contribution in [0.15, 0.2) is 0 Å². The average Bonchev–Trinajstić information content (AvgIpc) is 2.58. The molecule has 0 amide bonds. The van der Waals surface area contributed by atoms with E-state index in [9.17, 15) is 0 Å². The zero-order valence-electron chi connectivity index (χ0n) is 7.68. The number of alkyl halides is 1. The monoisotopic (exact) mass is 201 g/mol. The maximum absolute atomic E-state index is 6.05. The smallest absolute Gasteiger partial charge is 0.245 e. The number of aryl methyl sites for hydroxylation is 1. The summed E-state index contributed by atoms with van der Waals surface area (Å²) in [4.78, 5) is 2.14. The number of tetrazole rings is 1. The Balaban J connectivity index is 2.22. The van der Waals surface area contributed by atoms with Crippen LogP contribution in [-0.2, 0) is 7.05 Å². The molecule has 1 aliphatic rings. The zero-order valence-corrected chi connectivity index (χ0v) is 8.44. The molecule has 6 heteroatoms. The van der Waals surface area contributed by atoms with Crippen LogP contribution in [0.2, 0.25) is 0 Å². The van der Waals surface area contributed by atoms with Gasteiger partial charge in [-0.2, -0.15) is 0 Å². The molecular formula is C7H12ClN5. The quantitative estimate of drug-likeness (QED) is 0.618. The van der Waals surface area contributed by atoms with Gasteiger partial charge in [0, 0.05) is 19.6 Å². The fourth-order valence-electron chi connectivity index (χ4n) is 1.71. The lowest BCUT2D eigenvalue weighted by Crippen LogP contribution is -2.29. The van der Waals surface area contributed by atoms with Crippen molar-refractivity contribution in [3.63, 3.8) is 0 Å². The van der Waals surface area contributed by atoms with E-state index in [-0.39, 0.29) is 5.38 Å². The number of aromatic nitrogens is 4. The Labute approximate surface area is 81.7 Å². The van der Waals surface area contributed by atoms with Crippen LogP contribution >= 0.6 is 11.6 Å². The molecule has 13 heavy (non-hydrogen) atoms. The summed E-state index contributed by atoms with van der Waals surface area (Å²) in [7, 11) is 1.84. The Hall–Kier alpha value is -0.840. The highest BCUT2D eigenvalue weighted by atomic mass is 35.5. The lowest BCUT2D eigenvalue weighted by molar-refractivity contribution is 0.665. The summed E-state index contributed by atoms with van der Waals surface area (Å²) < 4.78 is 1.67. The zero-order chi connectivity index (χ0) is 9.42. The van der Waals surface area contributed by atoms with Crippen molar-refractivity contribution in [2.75, 3.05) is 11.4 Å². The van der Waals surface area contributed by atoms with Crippen molar-refractivity contribution in [3.05, 3.63) is 0 Å². The SMILES string of the molecule is CC1CC(Cl)CN1c1nnnn1C. The lowest BCUT2D eigenvalue weighted by Gasteiger charge is -2.20. The fourth-order valence-corrected chi connectivity index (χ4v) is 2.12. The molecule has 2 atom stereocenters. The van der Waals surface area contributed by atoms with Gasteiger partial charge in [-0.1, -0.05) is 5.10 Å². The molecule has 0 aliphatic carbocycles. The third kappa shape index (κ3) is 1.48. The summed E-state index contributed by atoms with van der Waals surface area (Å²) in [6.07, 6.45) is 0.994. The minimum absolute atomic E-state index is 0.215. The van der Waals surface area contributed by atoms with Crippen LogP contribution in [0.1, 0.15) is 13.3 Å². The molecule has 1 saturated heterocycles. The maximum atomic E-state index is 6.05. The first-order chi connectivity index (χ1) is 6.18. The van der Waals surface area contributed by atoms with Gasteiger partial charge in [-0.15, -0.1) is 11.6 Å². The summed E-state index contributed by atoms with van der Waals surface area (Å²) in [6, 6.07) is 0.423. The normalized spacial score (nSPS) is 28.4. The van der Waals surface area contributed by atoms with E-state index in [0.29, 0.717) is 6.04 Å². The largest absolute Gasteiger partial charge is 0.335 e. The van der Waals surface area contributed by atoms with E-state index in [1.807, 2.05) is 7.05 Å². The van der Waals surface area contributed by atoms with Crippen LogP contribution in [0.4, 0.5) is 5.95 Å². The second-order valence-electron chi connectivity index (χ2n) is 3.44. The standard InChI is InChI=1S/C7H12ClN5/c1-5-3-6(8)4-13(5)7-9-10-11-12(7)2/h5-6H,3-4H2,1-2H3. The minimum atomic E-state index is 0.215. The molecule has 0 bridgehead atoms. The molecule has 2 rings (SSSR count). The number of hydrogen-bond donors (Lipinski definition) is 0. The van der Waals surface area contributed by atoms with E-state index in [1.165, 1.54) is 0 Å². The van der Waals surface area contributed by atoms with Gasteiger partial charge in [-0.25, -0.2) is 4.68 Å². The van der Waals surface area contributed by atoms with Crippen LogP contribution in [0.5, 0.6) is 0 Å². The second-order valence-corrected chi connectivity index (χ2v) is 4.05. The van der Waals surface area contributed by atoms with E-state index in [1.54, 1.807) is 4.68 Å². The van der Waals surface area contributed by atoms with E-state index >= 15 is 0 Å². The second kappa shape index (κ2) is 3.14. The van der Waals surface area contributed by atoms with Gasteiger partial charge in [-0.05, 0) is 23.8 Å². The van der Waals surface area contributed by atoms with Crippen LogP contribution in [0, 0.1) is 0 Å². The van der Waals surface area contributed by atoms with E-state index < -0.39 is 0 Å². The number of hydrogen-bond acceptors (Lipinski definition) is 4. The first-order valence-corrected chi connectivity index (χ1v) is 4.75. The number of halogens is 1. The fraction of sp³-hybridized carbons (Fsp3) is 0.857. The Kier molecular flexibility index (Phi) is 2.11. The molecule has 1 aliphatic heterocycles. The first kappa shape index (κ1) is 8.74. The van der Waals surface area contributed by atoms with E-state index in [0.717, 1.165) is 18.9 Å². The first-order valence-electron chi connectivity index (χ1n) is 4.31. The van der Waals surface area contributed by atoms with Gasteiger partial charge in [-0.3, -0.25) is 0 Å². The van der Waals surface area contributed by atoms with Crippen molar-refractivity contribution >= 4 is 17.5 Å². The van der Waals surface area contributed by atoms with Gasteiger partial charge in [0.05, 0.1) is 5.38 Å². The third-order valence-corrected chi connectivity index (χ3v) is 2.69. The average molecular weight is 202 g/mol. The number of anilines is 1. The highest BCUT2D eigenvalue weighted by Gasteiger charge is 2.30. The van der Waals surface area contributed by atoms with Gasteiger partial charge in [0.15, 0.2) is 0 Å². The summed E-state index contributed by atoms with van der Waals surface area (Å²) in [5, 5.41) is 11.6. The molecule has 5 nitrogen and oxygen atoms in total. The van der Waals surface area contributed by atoms with Gasteiger partial charge < -0.3 is 4.90 Å². The van der Waals surface area contributed by atoms with E-state index in [4.69, 9.17) is 11.6 Å². The highest BCUT2D eigenvalue weighted by Crippen LogP contribution is 2.25. The molecule has 1 aromatic rings. The number of nitrogens with zero attached hydrogens (tertiary/aromatic N) is 5. The Bertz CT molecular complexity index is 299. The Morgan fingerprint density at radius 3 is 2.77 bits per heavy atom. The summed E-state index contributed by atoms with van der Waals surface area (Å²) in [6.45, 7) is 2.97. The highest BCUT2D eigenvalue weighted by molar-refractivity contribution is 6.21. The molecule has 0 radical (unpaired) electrons. The van der Waals surface area contributed by atoms with Crippen LogP contribution in [0.25, 0.3) is 0 Å². The van der Waals surface area contributed by atoms with Gasteiger partial charge in [0.2, 0.25) is 5.95 Å². The van der Waals surface area contributed by atoms with Crippen molar-refractivity contribution in [2.45, 2.75) is 24.8 Å². The molecule has 0 N–H and O–H groups in total. The predicted octanol–water partition coefficient (Wildman–Crippen LogP) is 0.416. The van der Waals surface area contributed by atoms with Gasteiger partial charge >= 0.3 is 0 Å². The molecule has 0 saturated carbocycles. The minimum Gasteiger partial charge on any atom is -0.335 e. The lowest BCUT2D eigenvalue weighted by atomic mass is 10.2. The predicted molar refractivity (Wildman–Crippen MR) is 49.9 cm³/mol. The third-order valence-electron chi connectivity index (χ3n) is 2.38. The Morgan fingerprint density at radius 2 is 2.31 bits per heavy atom. The molecule has 72 valence electrons. The van der Waals surface area contributed by atoms with Crippen molar-refractivity contribution in [2.24, 2.45) is 7.05 Å². The summed E-state index contributed by atoms with van der Waals surface area (Å²) in [5.74, 6) is 0.802. The van der Waals surface area contributed by atoms with Crippen LogP contribution in [-0.4, -0.2) is 38.2 Å². The van der Waals surface area contributed by atoms with Gasteiger partial charge in [0.1, 0.15) is 0 Å². The molecule has 2 unspecified atom stereocenters. The van der Waals surface area contributed by atoms with Gasteiger partial charge in [0.25, 0.3) is 0 Å². The summed E-state index contributed by atoms with van der Waals surface area (Å²) >= 11 is 6.05. The maximum Gasteiger partial charge on any atom is 0.245 e. The molecular weight excluding hydrogens is 190 g/mol. The van der Waals surface area contributed by atoms with Crippen molar-refractivity contribution < 1.29 is 0 Å². The number of rotatable bonds is 1. The molecule has 0 spiro atoms. The van der Waals surface area contributed by atoms with Crippen molar-refractivity contribution in [3.8, 4) is 0 Å².